The lowest BCUT2D eigenvalue weighted by molar-refractivity contribution is -0.161. The quantitative estimate of drug-likeness (QED) is 0.0173. The minimum Gasteiger partial charge on any atom is -0.462 e. The Morgan fingerprint density at radius 1 is 0.514 bits per heavy atom. The van der Waals surface area contributed by atoms with E-state index in [-0.39, 0.29) is 45.8 Å². The van der Waals surface area contributed by atoms with E-state index in [1.54, 1.807) is 0 Å². The Morgan fingerprint density at radius 3 is 1.37 bits per heavy atom. The van der Waals surface area contributed by atoms with Gasteiger partial charge in [0.05, 0.1) is 26.4 Å². The Hall–Kier alpha value is -2.85. The summed E-state index contributed by atoms with van der Waals surface area (Å²) in [6.07, 6.45) is 38.3. The maximum Gasteiger partial charge on any atom is 0.472 e. The lowest BCUT2D eigenvalue weighted by Gasteiger charge is -2.20. The van der Waals surface area contributed by atoms with Gasteiger partial charge in [0.15, 0.2) is 6.10 Å². The number of unbranched alkanes of at least 4 members (excludes halogenated alkanes) is 28. The number of carbonyl (C=O) groups is 4. The lowest BCUT2D eigenvalue weighted by Crippen LogP contribution is -2.33. The first kappa shape index (κ1) is 63.3. The van der Waals surface area contributed by atoms with Crippen molar-refractivity contribution in [3.05, 3.63) is 0 Å². The smallest absolute Gasteiger partial charge is 0.462 e. The summed E-state index contributed by atoms with van der Waals surface area (Å²) in [6.45, 7) is 3.38. The van der Waals surface area contributed by atoms with Gasteiger partial charge in [-0.2, -0.15) is 0 Å². The van der Waals surface area contributed by atoms with Crippen molar-refractivity contribution in [2.45, 2.75) is 251 Å². The molecule has 0 heterocycles. The minimum absolute atomic E-state index is 0.0494. The van der Waals surface area contributed by atoms with Gasteiger partial charge in [0.2, 0.25) is 0 Å². The second kappa shape index (κ2) is 43.7. The van der Waals surface area contributed by atoms with Gasteiger partial charge in [0.1, 0.15) is 13.2 Å². The monoisotopic (exact) mass is 1010 g/mol. The Bertz CT molecular complexity index is 1440. The molecule has 14 nitrogen and oxygen atoms in total. The van der Waals surface area contributed by atoms with Crippen LogP contribution in [0, 0.1) is 29.6 Å². The third-order valence-corrected chi connectivity index (χ3v) is 14.6. The Labute approximate surface area is 424 Å². The third kappa shape index (κ3) is 37.0. The van der Waals surface area contributed by atoms with Crippen LogP contribution in [0.5, 0.6) is 0 Å². The molecule has 2 aliphatic carbocycles. The SMILES string of the molecule is CCCCCCCCCCCCCCCCCC(=O)OC[C@H](COP(=O)(O)OCCNC(=O)OCCNC(=O)OCC1[C@H]2CCC#CCC[C@@H]12)OC(=O)CCCCCCCCCCCCCCCCC. The molecule has 70 heavy (non-hydrogen) atoms. The number of esters is 2. The largest absolute Gasteiger partial charge is 0.472 e. The molecule has 406 valence electrons. The van der Waals surface area contributed by atoms with E-state index in [0.717, 1.165) is 64.2 Å². The highest BCUT2D eigenvalue weighted by molar-refractivity contribution is 7.47. The summed E-state index contributed by atoms with van der Waals surface area (Å²) >= 11 is 0. The molecule has 2 rings (SSSR count). The average molecular weight is 1010 g/mol. The predicted octanol–water partition coefficient (Wildman–Crippen LogP) is 14.0. The zero-order valence-electron chi connectivity index (χ0n) is 44.1. The number of ether oxygens (including phenoxy) is 4. The molecular formula is C55H99N2O12P. The Balaban J connectivity index is 1.62. The van der Waals surface area contributed by atoms with E-state index in [1.165, 1.54) is 141 Å². The van der Waals surface area contributed by atoms with Crippen LogP contribution < -0.4 is 10.6 Å². The molecule has 3 N–H and O–H groups in total. The summed E-state index contributed by atoms with van der Waals surface area (Å²) in [5.74, 6) is 6.92. The van der Waals surface area contributed by atoms with Crippen LogP contribution in [0.1, 0.15) is 245 Å². The molecule has 0 aliphatic heterocycles. The highest BCUT2D eigenvalue weighted by Gasteiger charge is 2.49. The number of phosphoric acid groups is 1. The first-order valence-electron chi connectivity index (χ1n) is 28.4. The summed E-state index contributed by atoms with van der Waals surface area (Å²) in [5.41, 5.74) is 0. The van der Waals surface area contributed by atoms with Crippen LogP contribution >= 0.6 is 7.82 Å². The van der Waals surface area contributed by atoms with Gasteiger partial charge in [-0.15, -0.1) is 11.8 Å². The Kier molecular flexibility index (Phi) is 39.5. The number of amides is 2. The van der Waals surface area contributed by atoms with Crippen molar-refractivity contribution < 1.29 is 56.6 Å². The van der Waals surface area contributed by atoms with Crippen molar-refractivity contribution in [1.29, 1.82) is 0 Å². The van der Waals surface area contributed by atoms with Crippen LogP contribution in [0.3, 0.4) is 0 Å². The van der Waals surface area contributed by atoms with E-state index in [4.69, 9.17) is 28.0 Å². The number of alkyl carbamates (subject to hydrolysis) is 2. The molecule has 2 unspecified atom stereocenters. The lowest BCUT2D eigenvalue weighted by atomic mass is 10.0. The van der Waals surface area contributed by atoms with Crippen LogP contribution in [0.15, 0.2) is 0 Å². The zero-order chi connectivity index (χ0) is 50.6. The van der Waals surface area contributed by atoms with Crippen LogP contribution in [0.4, 0.5) is 9.59 Å². The van der Waals surface area contributed by atoms with E-state index >= 15 is 0 Å². The second-order valence-electron chi connectivity index (χ2n) is 19.8. The summed E-state index contributed by atoms with van der Waals surface area (Å²) in [4.78, 5) is 60.1. The molecule has 0 bridgehead atoms. The van der Waals surface area contributed by atoms with E-state index in [9.17, 15) is 28.6 Å². The summed E-state index contributed by atoms with van der Waals surface area (Å²) < 4.78 is 44.3. The summed E-state index contributed by atoms with van der Waals surface area (Å²) in [5, 5.41) is 4.96. The van der Waals surface area contributed by atoms with Crippen molar-refractivity contribution >= 4 is 31.9 Å². The minimum atomic E-state index is -4.65. The molecule has 1 fully saturated rings. The van der Waals surface area contributed by atoms with E-state index in [0.29, 0.717) is 37.2 Å². The molecule has 0 radical (unpaired) electrons. The maximum absolute atomic E-state index is 12.8. The summed E-state index contributed by atoms with van der Waals surface area (Å²) in [7, 11) is -4.65. The van der Waals surface area contributed by atoms with Crippen molar-refractivity contribution in [2.75, 3.05) is 46.1 Å². The molecule has 0 saturated heterocycles. The number of phosphoric ester groups is 1. The molecule has 0 aromatic heterocycles. The molecular weight excluding hydrogens is 912 g/mol. The molecule has 2 amide bonds. The van der Waals surface area contributed by atoms with Crippen LogP contribution in [0.25, 0.3) is 0 Å². The fraction of sp³-hybridized carbons (Fsp3) is 0.891. The predicted molar refractivity (Wildman–Crippen MR) is 277 cm³/mol. The average Bonchev–Trinajstić information content (AvgIpc) is 3.99. The molecule has 0 aromatic carbocycles. The van der Waals surface area contributed by atoms with Crippen molar-refractivity contribution in [3.8, 4) is 11.8 Å². The molecule has 2 aliphatic rings. The Morgan fingerprint density at radius 2 is 0.914 bits per heavy atom. The van der Waals surface area contributed by atoms with Crippen molar-refractivity contribution in [3.63, 3.8) is 0 Å². The van der Waals surface area contributed by atoms with Gasteiger partial charge in [-0.1, -0.05) is 194 Å². The number of rotatable bonds is 47. The summed E-state index contributed by atoms with van der Waals surface area (Å²) in [6, 6.07) is 0. The second-order valence-corrected chi connectivity index (χ2v) is 21.3. The standard InChI is InChI=1S/C55H99N2O12P/c1-3-5-7-9-11-13-15-17-19-21-23-25-27-29-35-39-52(58)65-45-48(69-53(59)40-36-30-28-26-24-22-20-18-16-14-12-10-8-6-4-2)46-68-70(62,63)67-44-42-57-54(60)64-43-41-56-55(61)66-47-51-49-37-33-31-32-34-38-50(49)51/h48-51H,3-30,33-47H2,1-2H3,(H,56,61)(H,57,60)(H,62,63)/t48-,49-,50+,51?/m1/s1. The van der Waals surface area contributed by atoms with E-state index in [2.05, 4.69) is 36.3 Å². The van der Waals surface area contributed by atoms with Gasteiger partial charge in [-0.25, -0.2) is 14.2 Å². The normalized spacial score (nSPS) is 17.4. The van der Waals surface area contributed by atoms with Gasteiger partial charge < -0.3 is 34.5 Å². The number of nitrogens with one attached hydrogen (secondary N) is 2. The number of hydrogen-bond acceptors (Lipinski definition) is 11. The van der Waals surface area contributed by atoms with Gasteiger partial charge >= 0.3 is 31.9 Å². The van der Waals surface area contributed by atoms with Crippen molar-refractivity contribution in [1.82, 2.24) is 10.6 Å². The third-order valence-electron chi connectivity index (χ3n) is 13.6. The van der Waals surface area contributed by atoms with Crippen LogP contribution in [-0.2, 0) is 42.1 Å². The molecule has 5 atom stereocenters. The molecule has 0 spiro atoms. The van der Waals surface area contributed by atoms with Gasteiger partial charge in [0, 0.05) is 32.2 Å². The fourth-order valence-corrected chi connectivity index (χ4v) is 10.0. The molecule has 15 heteroatoms. The van der Waals surface area contributed by atoms with Gasteiger partial charge in [-0.3, -0.25) is 18.6 Å². The molecule has 0 aromatic rings. The molecule has 1 saturated carbocycles. The number of fused-ring (bicyclic) bond motifs is 1. The van der Waals surface area contributed by atoms with E-state index < -0.39 is 44.7 Å². The number of carbonyl (C=O) groups excluding carboxylic acids is 4. The van der Waals surface area contributed by atoms with Crippen LogP contribution in [0.2, 0.25) is 0 Å². The fourth-order valence-electron chi connectivity index (χ4n) is 9.28. The van der Waals surface area contributed by atoms with Gasteiger partial charge in [0.25, 0.3) is 0 Å². The topological polar surface area (TPSA) is 185 Å². The number of hydrogen-bond donors (Lipinski definition) is 3. The van der Waals surface area contributed by atoms with Crippen LogP contribution in [-0.4, -0.2) is 81.2 Å². The first-order valence-corrected chi connectivity index (χ1v) is 29.9. The zero-order valence-corrected chi connectivity index (χ0v) is 45.0. The maximum atomic E-state index is 12.8. The van der Waals surface area contributed by atoms with E-state index in [1.807, 2.05) is 0 Å². The highest BCUT2D eigenvalue weighted by atomic mass is 31.2. The first-order chi connectivity index (χ1) is 34.1. The highest BCUT2D eigenvalue weighted by Crippen LogP contribution is 2.52. The van der Waals surface area contributed by atoms with Crippen molar-refractivity contribution in [2.24, 2.45) is 17.8 Å². The van der Waals surface area contributed by atoms with Gasteiger partial charge in [-0.05, 0) is 43.4 Å².